The number of carboxylic acid groups (broad SMARTS) is 1. The number of hydrogen-bond acceptors (Lipinski definition) is 4. The number of carbonyl (C=O) groups excluding carboxylic acids is 1. The van der Waals surface area contributed by atoms with Gasteiger partial charge in [0.25, 0.3) is 15.9 Å². The second-order valence-corrected chi connectivity index (χ2v) is 8.65. The third-order valence-electron chi connectivity index (χ3n) is 4.66. The fourth-order valence-electron chi connectivity index (χ4n) is 2.66. The molecule has 0 aliphatic heterocycles. The van der Waals surface area contributed by atoms with E-state index >= 15 is 0 Å². The molecule has 8 heteroatoms. The van der Waals surface area contributed by atoms with Crippen LogP contribution in [0.3, 0.4) is 0 Å². The van der Waals surface area contributed by atoms with Gasteiger partial charge in [0.1, 0.15) is 5.54 Å². The lowest BCUT2D eigenvalue weighted by Gasteiger charge is -2.20. The quantitative estimate of drug-likeness (QED) is 0.789. The SMILES string of the molecule is Cc1ccc(N(C)S(=O)(=O)c2cccc(C(=O)NC3(C(=O)O)CC3)c2)cc1. The molecule has 0 unspecified atom stereocenters. The lowest BCUT2D eigenvalue weighted by Crippen LogP contribution is -2.43. The van der Waals surface area contributed by atoms with Crippen LogP contribution in [0.15, 0.2) is 53.4 Å². The minimum atomic E-state index is -3.87. The highest BCUT2D eigenvalue weighted by Gasteiger charge is 2.51. The number of sulfonamides is 1. The van der Waals surface area contributed by atoms with Gasteiger partial charge >= 0.3 is 5.97 Å². The Labute approximate surface area is 157 Å². The van der Waals surface area contributed by atoms with Crippen molar-refractivity contribution in [2.24, 2.45) is 0 Å². The van der Waals surface area contributed by atoms with Crippen LogP contribution in [0.1, 0.15) is 28.8 Å². The monoisotopic (exact) mass is 388 g/mol. The van der Waals surface area contributed by atoms with Crippen molar-refractivity contribution < 1.29 is 23.1 Å². The number of hydrogen-bond donors (Lipinski definition) is 2. The highest BCUT2D eigenvalue weighted by atomic mass is 32.2. The van der Waals surface area contributed by atoms with Gasteiger partial charge in [-0.3, -0.25) is 9.10 Å². The predicted molar refractivity (Wildman–Crippen MR) is 100 cm³/mol. The molecule has 1 fully saturated rings. The molecule has 1 aliphatic rings. The first-order chi connectivity index (χ1) is 12.7. The molecule has 1 amide bonds. The Balaban J connectivity index is 1.86. The number of anilines is 1. The van der Waals surface area contributed by atoms with Gasteiger partial charge in [-0.1, -0.05) is 23.8 Å². The van der Waals surface area contributed by atoms with Crippen LogP contribution in [0.25, 0.3) is 0 Å². The maximum Gasteiger partial charge on any atom is 0.329 e. The molecule has 2 aromatic carbocycles. The van der Waals surface area contributed by atoms with Crippen LogP contribution in [0.4, 0.5) is 5.69 Å². The maximum absolute atomic E-state index is 12.9. The van der Waals surface area contributed by atoms with Crippen LogP contribution in [0.2, 0.25) is 0 Å². The molecule has 2 aromatic rings. The van der Waals surface area contributed by atoms with Crippen molar-refractivity contribution in [2.75, 3.05) is 11.4 Å². The van der Waals surface area contributed by atoms with E-state index in [1.54, 1.807) is 12.1 Å². The number of aryl methyl sites for hydroxylation is 1. The van der Waals surface area contributed by atoms with Gasteiger partial charge in [-0.25, -0.2) is 13.2 Å². The maximum atomic E-state index is 12.9. The summed E-state index contributed by atoms with van der Waals surface area (Å²) in [6, 6.07) is 12.6. The van der Waals surface area contributed by atoms with Gasteiger partial charge < -0.3 is 10.4 Å². The molecule has 0 spiro atoms. The molecule has 0 heterocycles. The van der Waals surface area contributed by atoms with Crippen LogP contribution >= 0.6 is 0 Å². The summed E-state index contributed by atoms with van der Waals surface area (Å²) in [4.78, 5) is 23.6. The second kappa shape index (κ2) is 6.70. The number of carbonyl (C=O) groups is 2. The molecule has 3 rings (SSSR count). The molecule has 1 saturated carbocycles. The highest BCUT2D eigenvalue weighted by molar-refractivity contribution is 7.92. The van der Waals surface area contributed by atoms with E-state index in [0.717, 1.165) is 9.87 Å². The molecule has 0 saturated heterocycles. The topological polar surface area (TPSA) is 104 Å². The van der Waals surface area contributed by atoms with Gasteiger partial charge in [0, 0.05) is 12.6 Å². The van der Waals surface area contributed by atoms with Crippen LogP contribution in [-0.4, -0.2) is 38.0 Å². The number of aliphatic carboxylic acids is 1. The van der Waals surface area contributed by atoms with E-state index < -0.39 is 27.4 Å². The Bertz CT molecular complexity index is 995. The average Bonchev–Trinajstić information content (AvgIpc) is 3.42. The fraction of sp³-hybridized carbons (Fsp3) is 0.263. The van der Waals surface area contributed by atoms with E-state index in [4.69, 9.17) is 0 Å². The Morgan fingerprint density at radius 3 is 2.30 bits per heavy atom. The van der Waals surface area contributed by atoms with Crippen molar-refractivity contribution in [1.29, 1.82) is 0 Å². The van der Waals surface area contributed by atoms with Crippen LogP contribution in [0, 0.1) is 6.92 Å². The summed E-state index contributed by atoms with van der Waals surface area (Å²) in [5, 5.41) is 11.7. The van der Waals surface area contributed by atoms with E-state index in [0.29, 0.717) is 18.5 Å². The second-order valence-electron chi connectivity index (χ2n) is 6.68. The lowest BCUT2D eigenvalue weighted by molar-refractivity contribution is -0.140. The van der Waals surface area contributed by atoms with Gasteiger partial charge in [-0.15, -0.1) is 0 Å². The first-order valence-electron chi connectivity index (χ1n) is 8.37. The Morgan fingerprint density at radius 1 is 1.11 bits per heavy atom. The van der Waals surface area contributed by atoms with Gasteiger partial charge in [-0.2, -0.15) is 0 Å². The van der Waals surface area contributed by atoms with Gasteiger partial charge in [-0.05, 0) is 50.1 Å². The zero-order chi connectivity index (χ0) is 19.8. The van der Waals surface area contributed by atoms with E-state index in [2.05, 4.69) is 5.32 Å². The zero-order valence-corrected chi connectivity index (χ0v) is 15.8. The first-order valence-corrected chi connectivity index (χ1v) is 9.81. The summed E-state index contributed by atoms with van der Waals surface area (Å²) in [7, 11) is -2.43. The van der Waals surface area contributed by atoms with Crippen LogP contribution in [-0.2, 0) is 14.8 Å². The average molecular weight is 388 g/mol. The number of amides is 1. The Morgan fingerprint density at radius 2 is 1.74 bits per heavy atom. The molecule has 0 atom stereocenters. The molecule has 7 nitrogen and oxygen atoms in total. The van der Waals surface area contributed by atoms with Crippen molar-refractivity contribution in [3.63, 3.8) is 0 Å². The molecular weight excluding hydrogens is 368 g/mol. The molecule has 27 heavy (non-hydrogen) atoms. The Kier molecular flexibility index (Phi) is 4.69. The summed E-state index contributed by atoms with van der Waals surface area (Å²) in [5.41, 5.74) is 0.375. The molecule has 0 bridgehead atoms. The summed E-state index contributed by atoms with van der Waals surface area (Å²) in [5.74, 6) is -1.69. The molecule has 142 valence electrons. The highest BCUT2D eigenvalue weighted by Crippen LogP contribution is 2.36. The number of benzene rings is 2. The van der Waals surface area contributed by atoms with Crippen molar-refractivity contribution >= 4 is 27.6 Å². The third kappa shape index (κ3) is 3.66. The molecule has 1 aliphatic carbocycles. The molecular formula is C19H20N2O5S. The minimum absolute atomic E-state index is 0.0432. The number of carboxylic acids is 1. The zero-order valence-electron chi connectivity index (χ0n) is 15.0. The minimum Gasteiger partial charge on any atom is -0.480 e. The van der Waals surface area contributed by atoms with Crippen molar-refractivity contribution in [3.05, 3.63) is 59.7 Å². The number of nitrogens with zero attached hydrogens (tertiary/aromatic N) is 1. The van der Waals surface area contributed by atoms with Crippen molar-refractivity contribution in [3.8, 4) is 0 Å². The largest absolute Gasteiger partial charge is 0.480 e. The van der Waals surface area contributed by atoms with E-state index in [-0.39, 0.29) is 10.5 Å². The molecule has 0 aromatic heterocycles. The van der Waals surface area contributed by atoms with Gasteiger partial charge in [0.15, 0.2) is 0 Å². The number of rotatable bonds is 6. The van der Waals surface area contributed by atoms with Gasteiger partial charge in [0.05, 0.1) is 10.6 Å². The summed E-state index contributed by atoms with van der Waals surface area (Å²) in [6.45, 7) is 1.91. The van der Waals surface area contributed by atoms with E-state index in [9.17, 15) is 23.1 Å². The molecule has 0 radical (unpaired) electrons. The predicted octanol–water partition coefficient (Wildman–Crippen LogP) is 2.17. The van der Waals surface area contributed by atoms with Crippen LogP contribution in [0.5, 0.6) is 0 Å². The lowest BCUT2D eigenvalue weighted by atomic mass is 10.2. The third-order valence-corrected chi connectivity index (χ3v) is 6.45. The van der Waals surface area contributed by atoms with E-state index in [1.165, 1.54) is 31.3 Å². The standard InChI is InChI=1S/C19H20N2O5S/c1-13-6-8-15(9-7-13)21(2)27(25,26)16-5-3-4-14(12-16)17(22)20-19(10-11-19)18(23)24/h3-9,12H,10-11H2,1-2H3,(H,20,22)(H,23,24). The molecule has 2 N–H and O–H groups in total. The van der Waals surface area contributed by atoms with Crippen molar-refractivity contribution in [1.82, 2.24) is 5.32 Å². The normalized spacial score (nSPS) is 15.0. The smallest absolute Gasteiger partial charge is 0.329 e. The first kappa shape index (κ1) is 18.9. The van der Waals surface area contributed by atoms with E-state index in [1.807, 2.05) is 19.1 Å². The van der Waals surface area contributed by atoms with Crippen molar-refractivity contribution in [2.45, 2.75) is 30.2 Å². The Hall–Kier alpha value is -2.87. The van der Waals surface area contributed by atoms with Gasteiger partial charge in [0.2, 0.25) is 0 Å². The van der Waals surface area contributed by atoms with Crippen LogP contribution < -0.4 is 9.62 Å². The summed E-state index contributed by atoms with van der Waals surface area (Å²) < 4.78 is 26.9. The summed E-state index contributed by atoms with van der Waals surface area (Å²) in [6.07, 6.45) is 0.727. The fourth-order valence-corrected chi connectivity index (χ4v) is 3.90. The summed E-state index contributed by atoms with van der Waals surface area (Å²) >= 11 is 0. The number of nitrogens with one attached hydrogen (secondary N) is 1.